The van der Waals surface area contributed by atoms with Crippen molar-refractivity contribution in [1.82, 2.24) is 30.0 Å². The van der Waals surface area contributed by atoms with Gasteiger partial charge in [0.25, 0.3) is 0 Å². The Labute approximate surface area is 160 Å². The molecule has 5 N–H and O–H groups in total. The predicted octanol–water partition coefficient (Wildman–Crippen LogP) is 1.68. The van der Waals surface area contributed by atoms with Gasteiger partial charge in [-0.3, -0.25) is 0 Å². The number of phenolic OH excluding ortho intramolecular Hbond substituents is 5. The molecule has 0 spiro atoms. The maximum Gasteiger partial charge on any atom is 0.178 e. The molecule has 29 heavy (non-hydrogen) atoms. The SMILES string of the molecule is Oc1ccc2nn(-c3c(O)cc(O)c(-n4nc5ccc(O)cc5n4)c3O)nc2c1. The number of fused-ring (bicyclic) bond motifs is 2. The van der Waals surface area contributed by atoms with Gasteiger partial charge in [-0.15, -0.1) is 30.0 Å². The molecule has 0 aliphatic rings. The van der Waals surface area contributed by atoms with E-state index < -0.39 is 17.2 Å². The lowest BCUT2D eigenvalue weighted by molar-refractivity contribution is 0.412. The van der Waals surface area contributed by atoms with Crippen molar-refractivity contribution in [3.05, 3.63) is 42.5 Å². The lowest BCUT2D eigenvalue weighted by Gasteiger charge is -2.11. The number of nitrogens with zero attached hydrogens (tertiary/aromatic N) is 6. The zero-order valence-corrected chi connectivity index (χ0v) is 14.5. The van der Waals surface area contributed by atoms with E-state index in [1.807, 2.05) is 0 Å². The van der Waals surface area contributed by atoms with Gasteiger partial charge in [0.1, 0.15) is 33.6 Å². The van der Waals surface area contributed by atoms with Crippen molar-refractivity contribution in [3.63, 3.8) is 0 Å². The fourth-order valence-corrected chi connectivity index (χ4v) is 3.02. The Bertz CT molecular complexity index is 1320. The fourth-order valence-electron chi connectivity index (χ4n) is 3.02. The topological polar surface area (TPSA) is 163 Å². The minimum Gasteiger partial charge on any atom is -0.508 e. The standard InChI is InChI=1S/C18H12N6O5/c25-8-1-3-10-12(5-8)21-23(19-10)16-14(27)7-15(28)17(18(16)29)24-20-11-4-2-9(26)6-13(11)22-24/h1-7,25-29H. The normalized spacial score (nSPS) is 11.4. The summed E-state index contributed by atoms with van der Waals surface area (Å²) in [7, 11) is 0. The lowest BCUT2D eigenvalue weighted by atomic mass is 10.2. The van der Waals surface area contributed by atoms with Crippen LogP contribution in [0.15, 0.2) is 42.5 Å². The van der Waals surface area contributed by atoms with Crippen LogP contribution in [0.4, 0.5) is 0 Å². The average molecular weight is 392 g/mol. The van der Waals surface area contributed by atoms with E-state index in [2.05, 4.69) is 20.4 Å². The second kappa shape index (κ2) is 5.73. The summed E-state index contributed by atoms with van der Waals surface area (Å²) in [6, 6.07) is 9.66. The highest BCUT2D eigenvalue weighted by atomic mass is 16.3. The predicted molar refractivity (Wildman–Crippen MR) is 99.6 cm³/mol. The van der Waals surface area contributed by atoms with Gasteiger partial charge in [0, 0.05) is 18.2 Å². The molecular formula is C18H12N6O5. The summed E-state index contributed by atoms with van der Waals surface area (Å²) >= 11 is 0. The van der Waals surface area contributed by atoms with Crippen molar-refractivity contribution >= 4 is 22.1 Å². The Morgan fingerprint density at radius 1 is 0.517 bits per heavy atom. The number of benzene rings is 3. The van der Waals surface area contributed by atoms with E-state index >= 15 is 0 Å². The third-order valence-electron chi connectivity index (χ3n) is 4.34. The molecule has 3 aromatic carbocycles. The quantitative estimate of drug-likeness (QED) is 0.301. The van der Waals surface area contributed by atoms with Gasteiger partial charge in [-0.05, 0) is 24.3 Å². The summed E-state index contributed by atoms with van der Waals surface area (Å²) in [6.07, 6.45) is 0. The van der Waals surface area contributed by atoms with Crippen LogP contribution in [0.5, 0.6) is 28.7 Å². The van der Waals surface area contributed by atoms with Crippen molar-refractivity contribution in [2.45, 2.75) is 0 Å². The van der Waals surface area contributed by atoms with E-state index in [9.17, 15) is 25.5 Å². The summed E-state index contributed by atoms with van der Waals surface area (Å²) in [5.41, 5.74) is 1.06. The van der Waals surface area contributed by atoms with Gasteiger partial charge in [-0.2, -0.15) is 0 Å². The number of aromatic nitrogens is 6. The molecule has 11 heteroatoms. The average Bonchev–Trinajstić information content (AvgIpc) is 3.24. The molecule has 0 aliphatic carbocycles. The summed E-state index contributed by atoms with van der Waals surface area (Å²) in [6.45, 7) is 0. The van der Waals surface area contributed by atoms with E-state index in [1.165, 1.54) is 36.4 Å². The summed E-state index contributed by atoms with van der Waals surface area (Å²) in [5.74, 6) is -1.57. The van der Waals surface area contributed by atoms with Crippen LogP contribution < -0.4 is 0 Å². The van der Waals surface area contributed by atoms with Crippen molar-refractivity contribution in [1.29, 1.82) is 0 Å². The highest BCUT2D eigenvalue weighted by molar-refractivity contribution is 5.78. The molecule has 0 unspecified atom stereocenters. The molecule has 5 rings (SSSR count). The minimum atomic E-state index is -0.573. The first-order chi connectivity index (χ1) is 13.9. The van der Waals surface area contributed by atoms with Gasteiger partial charge in [0.15, 0.2) is 28.6 Å². The Kier molecular flexibility index (Phi) is 3.28. The zero-order valence-electron chi connectivity index (χ0n) is 14.5. The van der Waals surface area contributed by atoms with Crippen LogP contribution >= 0.6 is 0 Å². The van der Waals surface area contributed by atoms with Crippen molar-refractivity contribution in [3.8, 4) is 40.1 Å². The molecule has 0 bridgehead atoms. The van der Waals surface area contributed by atoms with Gasteiger partial charge in [0.05, 0.1) is 0 Å². The molecule has 0 amide bonds. The molecule has 0 fully saturated rings. The molecule has 0 radical (unpaired) electrons. The van der Waals surface area contributed by atoms with Gasteiger partial charge in [0.2, 0.25) is 0 Å². The van der Waals surface area contributed by atoms with E-state index in [1.54, 1.807) is 0 Å². The van der Waals surface area contributed by atoms with Crippen LogP contribution in [0.3, 0.4) is 0 Å². The molecule has 5 aromatic rings. The number of hydrogen-bond acceptors (Lipinski definition) is 9. The largest absolute Gasteiger partial charge is 0.508 e. The number of hydrogen-bond donors (Lipinski definition) is 5. The first-order valence-electron chi connectivity index (χ1n) is 8.31. The van der Waals surface area contributed by atoms with Crippen molar-refractivity contribution in [2.24, 2.45) is 0 Å². The second-order valence-corrected chi connectivity index (χ2v) is 6.29. The molecule has 0 atom stereocenters. The first-order valence-corrected chi connectivity index (χ1v) is 8.31. The molecule has 0 saturated carbocycles. The number of aromatic hydroxyl groups is 5. The van der Waals surface area contributed by atoms with E-state index in [0.717, 1.165) is 15.7 Å². The lowest BCUT2D eigenvalue weighted by Crippen LogP contribution is -2.05. The first kappa shape index (κ1) is 16.6. The van der Waals surface area contributed by atoms with E-state index in [-0.39, 0.29) is 22.9 Å². The summed E-state index contributed by atoms with van der Waals surface area (Å²) < 4.78 is 0. The van der Waals surface area contributed by atoms with Crippen LogP contribution in [0.25, 0.3) is 33.4 Å². The molecule has 0 aliphatic heterocycles. The second-order valence-electron chi connectivity index (χ2n) is 6.29. The Morgan fingerprint density at radius 2 is 0.931 bits per heavy atom. The van der Waals surface area contributed by atoms with Crippen molar-refractivity contribution in [2.75, 3.05) is 0 Å². The zero-order chi connectivity index (χ0) is 20.3. The maximum atomic E-state index is 10.8. The molecule has 0 saturated heterocycles. The Morgan fingerprint density at radius 3 is 1.38 bits per heavy atom. The van der Waals surface area contributed by atoms with Gasteiger partial charge >= 0.3 is 0 Å². The van der Waals surface area contributed by atoms with Crippen LogP contribution in [-0.4, -0.2) is 55.5 Å². The minimum absolute atomic E-state index is 0.0138. The third-order valence-corrected chi connectivity index (χ3v) is 4.34. The highest BCUT2D eigenvalue weighted by Crippen LogP contribution is 2.42. The van der Waals surface area contributed by atoms with Gasteiger partial charge in [-0.25, -0.2) is 0 Å². The van der Waals surface area contributed by atoms with Gasteiger partial charge in [-0.1, -0.05) is 0 Å². The monoisotopic (exact) mass is 392 g/mol. The van der Waals surface area contributed by atoms with Crippen LogP contribution in [0.2, 0.25) is 0 Å². The van der Waals surface area contributed by atoms with Crippen LogP contribution in [0.1, 0.15) is 0 Å². The molecule has 144 valence electrons. The fraction of sp³-hybridized carbons (Fsp3) is 0. The Hall–Kier alpha value is -4.54. The maximum absolute atomic E-state index is 10.8. The van der Waals surface area contributed by atoms with Crippen LogP contribution in [0, 0.1) is 0 Å². The highest BCUT2D eigenvalue weighted by Gasteiger charge is 2.24. The van der Waals surface area contributed by atoms with Gasteiger partial charge < -0.3 is 25.5 Å². The summed E-state index contributed by atoms with van der Waals surface area (Å²) in [5, 5.41) is 67.2. The van der Waals surface area contributed by atoms with E-state index in [4.69, 9.17) is 0 Å². The van der Waals surface area contributed by atoms with E-state index in [0.29, 0.717) is 22.1 Å². The van der Waals surface area contributed by atoms with Crippen molar-refractivity contribution < 1.29 is 25.5 Å². The molecule has 11 nitrogen and oxygen atoms in total. The molecular weight excluding hydrogens is 380 g/mol. The van der Waals surface area contributed by atoms with Crippen LogP contribution in [-0.2, 0) is 0 Å². The number of phenols is 5. The smallest absolute Gasteiger partial charge is 0.178 e. The third kappa shape index (κ3) is 2.52. The number of rotatable bonds is 2. The summed E-state index contributed by atoms with van der Waals surface area (Å²) in [4.78, 5) is 1.96. The molecule has 2 heterocycles. The Balaban J connectivity index is 1.74. The molecule has 2 aromatic heterocycles.